The Morgan fingerprint density at radius 3 is 2.25 bits per heavy atom. The zero-order chi connectivity index (χ0) is 16.1. The van der Waals surface area contributed by atoms with E-state index in [9.17, 15) is 9.59 Å². The number of ether oxygens (including phenoxy) is 2. The number of amides is 2. The molecule has 2 atom stereocenters. The van der Waals surface area contributed by atoms with Gasteiger partial charge < -0.3 is 24.6 Å². The average molecular weight is 362 g/mol. The summed E-state index contributed by atoms with van der Waals surface area (Å²) in [7, 11) is 0. The van der Waals surface area contributed by atoms with Crippen molar-refractivity contribution in [2.45, 2.75) is 37.9 Å². The van der Waals surface area contributed by atoms with E-state index in [4.69, 9.17) is 9.47 Å². The van der Waals surface area contributed by atoms with Crippen LogP contribution in [0.15, 0.2) is 0 Å². The summed E-state index contributed by atoms with van der Waals surface area (Å²) in [5.74, 6) is 0.193. The van der Waals surface area contributed by atoms with E-state index in [-0.39, 0.29) is 36.4 Å². The molecule has 3 heterocycles. The molecule has 7 nitrogen and oxygen atoms in total. The molecular formula is C16H28ClN3O4. The van der Waals surface area contributed by atoms with Crippen LogP contribution >= 0.6 is 12.4 Å². The minimum Gasteiger partial charge on any atom is -0.377 e. The monoisotopic (exact) mass is 361 g/mol. The fourth-order valence-corrected chi connectivity index (χ4v) is 3.41. The molecule has 3 aliphatic heterocycles. The smallest absolute Gasteiger partial charge is 0.251 e. The van der Waals surface area contributed by atoms with Gasteiger partial charge in [-0.15, -0.1) is 12.4 Å². The van der Waals surface area contributed by atoms with Gasteiger partial charge in [0, 0.05) is 45.9 Å². The molecule has 0 saturated carbocycles. The number of rotatable bonds is 5. The van der Waals surface area contributed by atoms with Crippen LogP contribution in [0.4, 0.5) is 0 Å². The summed E-state index contributed by atoms with van der Waals surface area (Å²) < 4.78 is 11.0. The lowest BCUT2D eigenvalue weighted by Gasteiger charge is -2.35. The van der Waals surface area contributed by atoms with Crippen LogP contribution in [0.5, 0.6) is 0 Å². The molecule has 24 heavy (non-hydrogen) atoms. The number of carbonyl (C=O) groups excluding carboxylic acids is 2. The fourth-order valence-electron chi connectivity index (χ4n) is 3.41. The van der Waals surface area contributed by atoms with Crippen molar-refractivity contribution in [3.8, 4) is 0 Å². The first-order chi connectivity index (χ1) is 11.2. The summed E-state index contributed by atoms with van der Waals surface area (Å²) in [5.41, 5.74) is 0. The second-order valence-electron chi connectivity index (χ2n) is 6.47. The topological polar surface area (TPSA) is 71.1 Å². The Kier molecular flexibility index (Phi) is 7.74. The van der Waals surface area contributed by atoms with Crippen molar-refractivity contribution < 1.29 is 19.1 Å². The Labute approximate surface area is 149 Å². The third kappa shape index (κ3) is 5.05. The van der Waals surface area contributed by atoms with Gasteiger partial charge in [0.1, 0.15) is 6.10 Å². The fraction of sp³-hybridized carbons (Fsp3) is 0.875. The maximum Gasteiger partial charge on any atom is 0.251 e. The van der Waals surface area contributed by atoms with Gasteiger partial charge in [-0.05, 0) is 25.7 Å². The third-order valence-electron chi connectivity index (χ3n) is 4.82. The first-order valence-electron chi connectivity index (χ1n) is 8.74. The Balaban J connectivity index is 0.00000208. The summed E-state index contributed by atoms with van der Waals surface area (Å²) in [5, 5.41) is 3.19. The van der Waals surface area contributed by atoms with Gasteiger partial charge in [0.05, 0.1) is 12.6 Å². The molecule has 0 aromatic carbocycles. The number of hydrogen-bond donors (Lipinski definition) is 1. The molecule has 0 aliphatic carbocycles. The van der Waals surface area contributed by atoms with E-state index < -0.39 is 0 Å². The van der Waals surface area contributed by atoms with Crippen LogP contribution in [0.1, 0.15) is 25.7 Å². The molecule has 0 bridgehead atoms. The summed E-state index contributed by atoms with van der Waals surface area (Å²) in [6.07, 6.45) is 3.97. The van der Waals surface area contributed by atoms with Gasteiger partial charge in [-0.2, -0.15) is 0 Å². The Bertz CT molecular complexity index is 418. The first kappa shape index (κ1) is 19.4. The molecule has 2 amide bonds. The molecule has 0 radical (unpaired) electrons. The van der Waals surface area contributed by atoms with Gasteiger partial charge in [-0.25, -0.2) is 0 Å². The van der Waals surface area contributed by atoms with E-state index in [2.05, 4.69) is 5.32 Å². The first-order valence-corrected chi connectivity index (χ1v) is 8.74. The van der Waals surface area contributed by atoms with Gasteiger partial charge in [0.25, 0.3) is 5.91 Å². The highest BCUT2D eigenvalue weighted by molar-refractivity contribution is 5.85. The standard InChI is InChI=1S/C16H27N3O4.ClH/c20-15(12-17-11-13-3-1-9-22-13)18-5-7-19(8-6-18)16(21)14-4-2-10-23-14;/h13-14,17H,1-12H2;1H. The molecule has 3 saturated heterocycles. The normalized spacial score (nSPS) is 27.2. The zero-order valence-corrected chi connectivity index (χ0v) is 14.9. The summed E-state index contributed by atoms with van der Waals surface area (Å²) in [4.78, 5) is 28.1. The van der Waals surface area contributed by atoms with Crippen LogP contribution in [0.2, 0.25) is 0 Å². The van der Waals surface area contributed by atoms with Crippen LogP contribution in [-0.4, -0.2) is 86.3 Å². The maximum atomic E-state index is 12.3. The van der Waals surface area contributed by atoms with Crippen LogP contribution in [0.3, 0.4) is 0 Å². The van der Waals surface area contributed by atoms with Gasteiger partial charge in [-0.3, -0.25) is 9.59 Å². The quantitative estimate of drug-likeness (QED) is 0.748. The second kappa shape index (κ2) is 9.56. The Morgan fingerprint density at radius 1 is 0.958 bits per heavy atom. The lowest BCUT2D eigenvalue weighted by Crippen LogP contribution is -2.54. The number of carbonyl (C=O) groups is 2. The minimum atomic E-state index is -0.259. The molecule has 3 aliphatic rings. The zero-order valence-electron chi connectivity index (χ0n) is 14.1. The van der Waals surface area contributed by atoms with Crippen molar-refractivity contribution in [3.63, 3.8) is 0 Å². The predicted octanol–water partition coefficient (Wildman–Crippen LogP) is 0.0266. The van der Waals surface area contributed by atoms with Crippen molar-refractivity contribution in [1.29, 1.82) is 0 Å². The van der Waals surface area contributed by atoms with Crippen LogP contribution in [-0.2, 0) is 19.1 Å². The van der Waals surface area contributed by atoms with E-state index in [1.54, 1.807) is 0 Å². The number of piperazine rings is 1. The number of halogens is 1. The predicted molar refractivity (Wildman–Crippen MR) is 91.2 cm³/mol. The molecule has 8 heteroatoms. The molecule has 1 N–H and O–H groups in total. The van der Waals surface area contributed by atoms with Gasteiger partial charge >= 0.3 is 0 Å². The van der Waals surface area contributed by atoms with Crippen molar-refractivity contribution in [2.75, 3.05) is 52.5 Å². The third-order valence-corrected chi connectivity index (χ3v) is 4.82. The van der Waals surface area contributed by atoms with E-state index in [0.717, 1.165) is 38.8 Å². The molecule has 3 rings (SSSR count). The Morgan fingerprint density at radius 2 is 1.62 bits per heavy atom. The van der Waals surface area contributed by atoms with Crippen LogP contribution < -0.4 is 5.32 Å². The van der Waals surface area contributed by atoms with Gasteiger partial charge in [-0.1, -0.05) is 0 Å². The summed E-state index contributed by atoms with van der Waals surface area (Å²) in [6.45, 7) is 5.04. The highest BCUT2D eigenvalue weighted by atomic mass is 35.5. The van der Waals surface area contributed by atoms with Crippen LogP contribution in [0, 0.1) is 0 Å². The molecule has 0 aromatic heterocycles. The average Bonchev–Trinajstić information content (AvgIpc) is 3.28. The van der Waals surface area contributed by atoms with E-state index in [1.165, 1.54) is 0 Å². The number of hydrogen-bond acceptors (Lipinski definition) is 5. The maximum absolute atomic E-state index is 12.3. The molecule has 138 valence electrons. The largest absolute Gasteiger partial charge is 0.377 e. The van der Waals surface area contributed by atoms with E-state index >= 15 is 0 Å². The Hall–Kier alpha value is -0.890. The molecule has 2 unspecified atom stereocenters. The van der Waals surface area contributed by atoms with Crippen LogP contribution in [0.25, 0.3) is 0 Å². The summed E-state index contributed by atoms with van der Waals surface area (Å²) >= 11 is 0. The number of nitrogens with one attached hydrogen (secondary N) is 1. The lowest BCUT2D eigenvalue weighted by molar-refractivity contribution is -0.145. The molecule has 0 spiro atoms. The SMILES string of the molecule is Cl.O=C(CNCC1CCCO1)N1CCN(C(=O)C2CCCO2)CC1. The highest BCUT2D eigenvalue weighted by Crippen LogP contribution is 2.16. The van der Waals surface area contributed by atoms with Crippen molar-refractivity contribution >= 4 is 24.2 Å². The van der Waals surface area contributed by atoms with Crippen molar-refractivity contribution in [2.24, 2.45) is 0 Å². The van der Waals surface area contributed by atoms with Gasteiger partial charge in [0.15, 0.2) is 0 Å². The van der Waals surface area contributed by atoms with E-state index in [1.807, 2.05) is 9.80 Å². The highest BCUT2D eigenvalue weighted by Gasteiger charge is 2.31. The van der Waals surface area contributed by atoms with E-state index in [0.29, 0.717) is 39.3 Å². The lowest BCUT2D eigenvalue weighted by atomic mass is 10.2. The van der Waals surface area contributed by atoms with Gasteiger partial charge in [0.2, 0.25) is 5.91 Å². The molecule has 3 fully saturated rings. The number of nitrogens with zero attached hydrogens (tertiary/aromatic N) is 2. The molecular weight excluding hydrogens is 334 g/mol. The minimum absolute atomic E-state index is 0. The van der Waals surface area contributed by atoms with Crippen molar-refractivity contribution in [1.82, 2.24) is 15.1 Å². The molecule has 0 aromatic rings. The van der Waals surface area contributed by atoms with Crippen molar-refractivity contribution in [3.05, 3.63) is 0 Å². The summed E-state index contributed by atoms with van der Waals surface area (Å²) in [6, 6.07) is 0. The second-order valence-corrected chi connectivity index (χ2v) is 6.47.